The molecule has 5 nitrogen and oxygen atoms in total. The first-order valence-electron chi connectivity index (χ1n) is 7.31. The zero-order valence-corrected chi connectivity index (χ0v) is 16.7. The molecule has 3 rings (SSSR count). The average Bonchev–Trinajstić information content (AvgIpc) is 3.27. The van der Waals surface area contributed by atoms with Crippen LogP contribution in [-0.4, -0.2) is 37.0 Å². The van der Waals surface area contributed by atoms with Crippen LogP contribution in [0.15, 0.2) is 26.3 Å². The molecular weight excluding hydrogens is 380 g/mol. The van der Waals surface area contributed by atoms with Crippen LogP contribution in [0.5, 0.6) is 0 Å². The maximum absolute atomic E-state index is 12.6. The van der Waals surface area contributed by atoms with Crippen molar-refractivity contribution in [1.29, 1.82) is 0 Å². The number of aryl methyl sites for hydroxylation is 1. The van der Waals surface area contributed by atoms with E-state index in [1.165, 1.54) is 11.8 Å². The predicted octanol–water partition coefficient (Wildman–Crippen LogP) is 4.49. The highest BCUT2D eigenvalue weighted by atomic mass is 32.2. The van der Waals surface area contributed by atoms with Gasteiger partial charge in [0.15, 0.2) is 19.6 Å². The Kier molecular flexibility index (Phi) is 5.75. The lowest BCUT2D eigenvalue weighted by Gasteiger charge is -2.05. The van der Waals surface area contributed by atoms with Gasteiger partial charge in [0, 0.05) is 28.5 Å². The van der Waals surface area contributed by atoms with E-state index in [4.69, 9.17) is 0 Å². The van der Waals surface area contributed by atoms with Gasteiger partial charge in [-0.15, -0.1) is 21.5 Å². The average molecular weight is 397 g/mol. The molecule has 3 aromatic heterocycles. The fourth-order valence-corrected chi connectivity index (χ4v) is 5.86. The van der Waals surface area contributed by atoms with Crippen molar-refractivity contribution in [2.75, 3.05) is 11.5 Å². The maximum atomic E-state index is 12.6. The number of aromatic nitrogens is 4. The summed E-state index contributed by atoms with van der Waals surface area (Å²) in [5, 5.41) is 11.1. The summed E-state index contributed by atoms with van der Waals surface area (Å²) in [5.41, 5.74) is 2.71. The van der Waals surface area contributed by atoms with Gasteiger partial charge in [-0.05, 0) is 25.7 Å². The fraction of sp³-hybridized carbons (Fsp3) is 0.333. The van der Waals surface area contributed by atoms with E-state index in [1.807, 2.05) is 29.9 Å². The van der Waals surface area contributed by atoms with Gasteiger partial charge in [0.2, 0.25) is 0 Å². The van der Waals surface area contributed by atoms with Crippen LogP contribution in [0.3, 0.4) is 0 Å². The van der Waals surface area contributed by atoms with Gasteiger partial charge in [0.25, 0.3) is 0 Å². The summed E-state index contributed by atoms with van der Waals surface area (Å²) in [5.74, 6) is 1.45. The Balaban J connectivity index is 1.72. The minimum absolute atomic E-state index is 0.107. The number of thiazole rings is 1. The van der Waals surface area contributed by atoms with Crippen molar-refractivity contribution in [1.82, 2.24) is 19.7 Å². The first kappa shape index (κ1) is 17.7. The molecule has 0 N–H and O–H groups in total. The number of Topliss-reactive ketones (excluding diaryl/α,β-unsaturated/α-hetero) is 1. The predicted molar refractivity (Wildman–Crippen MR) is 102 cm³/mol. The van der Waals surface area contributed by atoms with Gasteiger partial charge in [-0.2, -0.15) is 0 Å². The lowest BCUT2D eigenvalue weighted by atomic mass is 10.2. The van der Waals surface area contributed by atoms with Gasteiger partial charge in [-0.3, -0.25) is 9.36 Å². The van der Waals surface area contributed by atoms with Crippen LogP contribution in [0.2, 0.25) is 0 Å². The molecule has 0 aliphatic heterocycles. The molecule has 0 radical (unpaired) electrons. The van der Waals surface area contributed by atoms with Crippen LogP contribution in [0, 0.1) is 13.8 Å². The highest BCUT2D eigenvalue weighted by Gasteiger charge is 2.18. The Morgan fingerprint density at radius 1 is 1.25 bits per heavy atom. The van der Waals surface area contributed by atoms with E-state index >= 15 is 0 Å². The van der Waals surface area contributed by atoms with Crippen molar-refractivity contribution in [2.24, 2.45) is 0 Å². The number of carbonyl (C=O) groups is 1. The molecule has 0 fully saturated rings. The second-order valence-corrected chi connectivity index (χ2v) is 9.50. The van der Waals surface area contributed by atoms with E-state index in [-0.39, 0.29) is 5.78 Å². The van der Waals surface area contributed by atoms with Crippen LogP contribution >= 0.6 is 46.2 Å². The molecule has 0 amide bonds. The van der Waals surface area contributed by atoms with Crippen molar-refractivity contribution in [2.45, 2.75) is 29.5 Å². The Labute approximate surface area is 156 Å². The van der Waals surface area contributed by atoms with Gasteiger partial charge in [0.1, 0.15) is 0 Å². The summed E-state index contributed by atoms with van der Waals surface area (Å²) in [6, 6.07) is 1.94. The molecule has 0 unspecified atom stereocenters. The quantitative estimate of drug-likeness (QED) is 0.433. The molecule has 0 aliphatic carbocycles. The van der Waals surface area contributed by atoms with Gasteiger partial charge in [-0.25, -0.2) is 4.98 Å². The summed E-state index contributed by atoms with van der Waals surface area (Å²) < 4.78 is 3.83. The molecule has 0 saturated heterocycles. The Morgan fingerprint density at radius 2 is 2.00 bits per heavy atom. The van der Waals surface area contributed by atoms with Crippen LogP contribution < -0.4 is 0 Å². The van der Waals surface area contributed by atoms with E-state index < -0.39 is 0 Å². The number of thioether (sulfide) groups is 2. The lowest BCUT2D eigenvalue weighted by molar-refractivity contribution is 0.102. The van der Waals surface area contributed by atoms with Gasteiger partial charge in [0.05, 0.1) is 5.75 Å². The summed E-state index contributed by atoms with van der Waals surface area (Å²) in [6.45, 7) is 6.05. The summed E-state index contributed by atoms with van der Waals surface area (Å²) in [6.07, 6.45) is 1.78. The first-order chi connectivity index (χ1) is 11.6. The third-order valence-corrected chi connectivity index (χ3v) is 7.15. The smallest absolute Gasteiger partial charge is 0.193 e. The van der Waals surface area contributed by atoms with E-state index in [0.717, 1.165) is 36.5 Å². The van der Waals surface area contributed by atoms with Crippen LogP contribution in [0.1, 0.15) is 28.7 Å². The van der Waals surface area contributed by atoms with Crippen LogP contribution in [-0.2, 0) is 0 Å². The number of carbonyl (C=O) groups excluding carboxylic acids is 1. The third-order valence-electron chi connectivity index (χ3n) is 3.32. The zero-order valence-electron chi connectivity index (χ0n) is 13.5. The Morgan fingerprint density at radius 3 is 2.67 bits per heavy atom. The largest absolute Gasteiger partial charge is 0.294 e. The van der Waals surface area contributed by atoms with Crippen molar-refractivity contribution < 1.29 is 4.79 Å². The second-order valence-electron chi connectivity index (χ2n) is 4.91. The molecule has 0 aliphatic rings. The highest BCUT2D eigenvalue weighted by Crippen LogP contribution is 2.30. The summed E-state index contributed by atoms with van der Waals surface area (Å²) in [7, 11) is 0. The zero-order chi connectivity index (χ0) is 17.1. The molecule has 0 atom stereocenters. The standard InChI is InChI=1S/C15H16N4OS4/c1-4-21-14-17-18-15(24-14)23-8-12(20)11-7-9(2)19(10(11)3)13-16-5-6-22-13/h5-7H,4,8H2,1-3H3. The van der Waals surface area contributed by atoms with E-state index in [1.54, 1.807) is 40.6 Å². The van der Waals surface area contributed by atoms with Gasteiger partial charge < -0.3 is 0 Å². The fourth-order valence-electron chi connectivity index (χ4n) is 2.31. The van der Waals surface area contributed by atoms with Crippen molar-refractivity contribution in [3.05, 3.63) is 34.6 Å². The molecule has 0 saturated carbocycles. The van der Waals surface area contributed by atoms with Crippen molar-refractivity contribution >= 4 is 52.0 Å². The molecule has 0 bridgehead atoms. The van der Waals surface area contributed by atoms with Gasteiger partial charge >= 0.3 is 0 Å². The monoisotopic (exact) mass is 396 g/mol. The molecule has 3 aromatic rings. The third kappa shape index (κ3) is 3.74. The Hall–Kier alpha value is -1.16. The number of hydrogen-bond acceptors (Lipinski definition) is 8. The number of hydrogen-bond donors (Lipinski definition) is 0. The summed E-state index contributed by atoms with van der Waals surface area (Å²) in [4.78, 5) is 16.9. The molecular formula is C15H16N4OS4. The molecule has 0 aromatic carbocycles. The van der Waals surface area contributed by atoms with E-state index in [0.29, 0.717) is 5.75 Å². The topological polar surface area (TPSA) is 60.7 Å². The lowest BCUT2D eigenvalue weighted by Crippen LogP contribution is -2.05. The van der Waals surface area contributed by atoms with Crippen molar-refractivity contribution in [3.8, 4) is 5.13 Å². The molecule has 3 heterocycles. The number of ketones is 1. The highest BCUT2D eigenvalue weighted by molar-refractivity contribution is 8.03. The molecule has 0 spiro atoms. The van der Waals surface area contributed by atoms with Gasteiger partial charge in [-0.1, -0.05) is 41.8 Å². The SMILES string of the molecule is CCSc1nnc(SCC(=O)c2cc(C)n(-c3nccs3)c2C)s1. The normalized spacial score (nSPS) is 11.1. The summed E-state index contributed by atoms with van der Waals surface area (Å²) >= 11 is 6.23. The number of nitrogens with zero attached hydrogens (tertiary/aromatic N) is 4. The van der Waals surface area contributed by atoms with Crippen LogP contribution in [0.25, 0.3) is 5.13 Å². The molecule has 9 heteroatoms. The number of rotatable bonds is 7. The minimum Gasteiger partial charge on any atom is -0.294 e. The maximum Gasteiger partial charge on any atom is 0.193 e. The van der Waals surface area contributed by atoms with Crippen LogP contribution in [0.4, 0.5) is 0 Å². The van der Waals surface area contributed by atoms with Crippen molar-refractivity contribution in [3.63, 3.8) is 0 Å². The molecule has 126 valence electrons. The first-order valence-corrected chi connectivity index (χ1v) is 11.0. The van der Waals surface area contributed by atoms with E-state index in [2.05, 4.69) is 22.1 Å². The van der Waals surface area contributed by atoms with E-state index in [9.17, 15) is 4.79 Å². The minimum atomic E-state index is 0.107. The molecule has 24 heavy (non-hydrogen) atoms. The second kappa shape index (κ2) is 7.81. The Bertz CT molecular complexity index is 838.